The van der Waals surface area contributed by atoms with Crippen molar-refractivity contribution >= 4 is 21.6 Å². The van der Waals surface area contributed by atoms with E-state index in [-0.39, 0.29) is 16.8 Å². The van der Waals surface area contributed by atoms with Crippen molar-refractivity contribution in [2.45, 2.75) is 23.8 Å². The van der Waals surface area contributed by atoms with E-state index in [1.807, 2.05) is 0 Å². The van der Waals surface area contributed by atoms with Gasteiger partial charge in [0.15, 0.2) is 0 Å². The highest BCUT2D eigenvalue weighted by atomic mass is 32.2. The summed E-state index contributed by atoms with van der Waals surface area (Å²) in [7, 11) is 1.75. The molecule has 2 aromatic rings. The Morgan fingerprint density at radius 2 is 1.79 bits per heavy atom. The first-order valence-electron chi connectivity index (χ1n) is 9.66. The third-order valence-electron chi connectivity index (χ3n) is 5.44. The molecule has 1 saturated heterocycles. The SMILES string of the molecule is COc1cccc(C(=O)Nc2ccc(S(=O)(=O)N(C)C3CC[NH+](C)CC3)cc2)c1. The first kappa shape index (κ1) is 21.3. The molecule has 2 aromatic carbocycles. The Morgan fingerprint density at radius 1 is 1.14 bits per heavy atom. The summed E-state index contributed by atoms with van der Waals surface area (Å²) in [5.74, 6) is 0.308. The number of sulfonamides is 1. The molecule has 2 N–H and O–H groups in total. The van der Waals surface area contributed by atoms with Crippen LogP contribution >= 0.6 is 0 Å². The van der Waals surface area contributed by atoms with Crippen LogP contribution < -0.4 is 15.0 Å². The van der Waals surface area contributed by atoms with Gasteiger partial charge in [0.1, 0.15) is 5.75 Å². The van der Waals surface area contributed by atoms with Gasteiger partial charge < -0.3 is 15.0 Å². The quantitative estimate of drug-likeness (QED) is 0.740. The number of hydrogen-bond acceptors (Lipinski definition) is 4. The van der Waals surface area contributed by atoms with Crippen molar-refractivity contribution in [3.63, 3.8) is 0 Å². The topological polar surface area (TPSA) is 80.1 Å². The highest BCUT2D eigenvalue weighted by Gasteiger charge is 2.31. The third-order valence-corrected chi connectivity index (χ3v) is 7.37. The number of methoxy groups -OCH3 is 1. The number of hydrogen-bond donors (Lipinski definition) is 2. The predicted molar refractivity (Wildman–Crippen MR) is 112 cm³/mol. The number of nitrogens with one attached hydrogen (secondary N) is 2. The summed E-state index contributed by atoms with van der Waals surface area (Å²) in [6.07, 6.45) is 1.71. The maximum absolute atomic E-state index is 13.0. The number of amides is 1. The Bertz CT molecular complexity index is 952. The summed E-state index contributed by atoms with van der Waals surface area (Å²) in [5.41, 5.74) is 0.993. The summed E-state index contributed by atoms with van der Waals surface area (Å²) in [6, 6.07) is 13.1. The van der Waals surface area contributed by atoms with E-state index in [1.54, 1.807) is 50.6 Å². The fraction of sp³-hybridized carbons (Fsp3) is 0.381. The van der Waals surface area contributed by atoms with Gasteiger partial charge in [-0.2, -0.15) is 4.31 Å². The zero-order valence-corrected chi connectivity index (χ0v) is 17.8. The van der Waals surface area contributed by atoms with E-state index in [0.717, 1.165) is 25.9 Å². The van der Waals surface area contributed by atoms with Gasteiger partial charge in [-0.05, 0) is 42.5 Å². The number of piperidine rings is 1. The van der Waals surface area contributed by atoms with Crippen molar-refractivity contribution in [1.29, 1.82) is 0 Å². The van der Waals surface area contributed by atoms with Crippen molar-refractivity contribution in [2.75, 3.05) is 39.6 Å². The lowest BCUT2D eigenvalue weighted by Gasteiger charge is -2.32. The molecule has 0 aromatic heterocycles. The lowest BCUT2D eigenvalue weighted by Crippen LogP contribution is -3.10. The summed E-state index contributed by atoms with van der Waals surface area (Å²) in [4.78, 5) is 14.1. The minimum absolute atomic E-state index is 0.0242. The summed E-state index contributed by atoms with van der Waals surface area (Å²) in [6.45, 7) is 1.94. The zero-order chi connectivity index (χ0) is 21.0. The lowest BCUT2D eigenvalue weighted by molar-refractivity contribution is -0.885. The molecule has 0 unspecified atom stereocenters. The molecule has 0 atom stereocenters. The molecule has 0 saturated carbocycles. The van der Waals surface area contributed by atoms with Crippen molar-refractivity contribution in [3.8, 4) is 5.75 Å². The summed E-state index contributed by atoms with van der Waals surface area (Å²) in [5, 5.41) is 2.78. The number of carbonyl (C=O) groups excluding carboxylic acids is 1. The second-order valence-electron chi connectivity index (χ2n) is 7.42. The van der Waals surface area contributed by atoms with Gasteiger partial charge in [0.2, 0.25) is 10.0 Å². The molecule has 8 heteroatoms. The molecule has 0 spiro atoms. The van der Waals surface area contributed by atoms with Crippen molar-refractivity contribution in [2.24, 2.45) is 0 Å². The van der Waals surface area contributed by atoms with Gasteiger partial charge >= 0.3 is 0 Å². The lowest BCUT2D eigenvalue weighted by atomic mass is 10.1. The standard InChI is InChI=1S/C21H27N3O4S/c1-23-13-11-18(12-14-23)24(2)29(26,27)20-9-7-17(8-10-20)22-21(25)16-5-4-6-19(15-16)28-3/h4-10,15,18H,11-14H2,1-3H3,(H,22,25)/p+1. The van der Waals surface area contributed by atoms with Gasteiger partial charge in [-0.15, -0.1) is 0 Å². The van der Waals surface area contributed by atoms with Gasteiger partial charge in [0.05, 0.1) is 32.1 Å². The minimum Gasteiger partial charge on any atom is -0.497 e. The van der Waals surface area contributed by atoms with Gasteiger partial charge in [-0.3, -0.25) is 4.79 Å². The predicted octanol–water partition coefficient (Wildman–Crippen LogP) is 1.25. The van der Waals surface area contributed by atoms with E-state index >= 15 is 0 Å². The molecule has 0 aliphatic carbocycles. The van der Waals surface area contributed by atoms with Gasteiger partial charge in [0, 0.05) is 37.2 Å². The number of benzene rings is 2. The minimum atomic E-state index is -3.57. The van der Waals surface area contributed by atoms with Crippen LogP contribution in [0.25, 0.3) is 0 Å². The second-order valence-corrected chi connectivity index (χ2v) is 9.42. The molecule has 0 radical (unpaired) electrons. The highest BCUT2D eigenvalue weighted by Crippen LogP contribution is 2.22. The normalized spacial score (nSPS) is 19.7. The first-order valence-corrected chi connectivity index (χ1v) is 11.1. The van der Waals surface area contributed by atoms with Crippen LogP contribution in [0.2, 0.25) is 0 Å². The van der Waals surface area contributed by atoms with E-state index in [0.29, 0.717) is 17.0 Å². The summed E-state index contributed by atoms with van der Waals surface area (Å²) >= 11 is 0. The third kappa shape index (κ3) is 4.95. The van der Waals surface area contributed by atoms with Crippen LogP contribution in [0.5, 0.6) is 5.75 Å². The van der Waals surface area contributed by atoms with Crippen LogP contribution in [-0.2, 0) is 10.0 Å². The molecule has 29 heavy (non-hydrogen) atoms. The molecule has 1 amide bonds. The van der Waals surface area contributed by atoms with Gasteiger partial charge in [-0.25, -0.2) is 8.42 Å². The van der Waals surface area contributed by atoms with Crippen molar-refractivity contribution < 1.29 is 22.8 Å². The zero-order valence-electron chi connectivity index (χ0n) is 17.0. The van der Waals surface area contributed by atoms with Crippen molar-refractivity contribution in [1.82, 2.24) is 4.31 Å². The highest BCUT2D eigenvalue weighted by molar-refractivity contribution is 7.89. The molecular formula is C21H28N3O4S+. The van der Waals surface area contributed by atoms with Gasteiger partial charge in [-0.1, -0.05) is 6.07 Å². The van der Waals surface area contributed by atoms with E-state index in [2.05, 4.69) is 12.4 Å². The van der Waals surface area contributed by atoms with E-state index in [1.165, 1.54) is 21.3 Å². The van der Waals surface area contributed by atoms with Crippen LogP contribution in [-0.4, -0.2) is 59.0 Å². The Balaban J connectivity index is 1.69. The number of rotatable bonds is 6. The number of nitrogens with zero attached hydrogens (tertiary/aromatic N) is 1. The van der Waals surface area contributed by atoms with E-state index in [4.69, 9.17) is 4.74 Å². The van der Waals surface area contributed by atoms with Crippen LogP contribution in [0.1, 0.15) is 23.2 Å². The van der Waals surface area contributed by atoms with Crippen LogP contribution in [0, 0.1) is 0 Å². The monoisotopic (exact) mass is 418 g/mol. The summed E-state index contributed by atoms with van der Waals surface area (Å²) < 4.78 is 32.5. The fourth-order valence-electron chi connectivity index (χ4n) is 3.50. The number of quaternary nitrogens is 1. The van der Waals surface area contributed by atoms with Gasteiger partial charge in [0.25, 0.3) is 5.91 Å². The van der Waals surface area contributed by atoms with E-state index < -0.39 is 10.0 Å². The maximum Gasteiger partial charge on any atom is 0.255 e. The number of carbonyl (C=O) groups is 1. The fourth-order valence-corrected chi connectivity index (χ4v) is 4.92. The Kier molecular flexibility index (Phi) is 6.56. The molecule has 0 bridgehead atoms. The first-order chi connectivity index (χ1) is 13.8. The van der Waals surface area contributed by atoms with Crippen LogP contribution in [0.4, 0.5) is 5.69 Å². The molecule has 1 heterocycles. The Morgan fingerprint density at radius 3 is 2.41 bits per heavy atom. The maximum atomic E-state index is 13.0. The number of anilines is 1. The molecule has 7 nitrogen and oxygen atoms in total. The molecule has 1 aliphatic heterocycles. The largest absolute Gasteiger partial charge is 0.497 e. The van der Waals surface area contributed by atoms with Crippen molar-refractivity contribution in [3.05, 3.63) is 54.1 Å². The molecule has 156 valence electrons. The molecule has 1 aliphatic rings. The smallest absolute Gasteiger partial charge is 0.255 e. The Hall–Kier alpha value is -2.42. The van der Waals surface area contributed by atoms with Crippen LogP contribution in [0.3, 0.4) is 0 Å². The number of likely N-dealkylation sites (tertiary alicyclic amines) is 1. The average Bonchev–Trinajstić information content (AvgIpc) is 2.74. The Labute approximate surface area is 172 Å². The molecule has 1 fully saturated rings. The molecular weight excluding hydrogens is 390 g/mol. The second kappa shape index (κ2) is 8.94. The average molecular weight is 419 g/mol. The number of ether oxygens (including phenoxy) is 1. The van der Waals surface area contributed by atoms with E-state index in [9.17, 15) is 13.2 Å². The molecule has 3 rings (SSSR count). The van der Waals surface area contributed by atoms with Crippen LogP contribution in [0.15, 0.2) is 53.4 Å².